The summed E-state index contributed by atoms with van der Waals surface area (Å²) in [7, 11) is 0. The number of fused-ring (bicyclic) bond motifs is 1. The Kier molecular flexibility index (Phi) is 3.59. The van der Waals surface area contributed by atoms with Crippen LogP contribution >= 0.6 is 11.3 Å². The van der Waals surface area contributed by atoms with Crippen LogP contribution in [0.15, 0.2) is 17.0 Å². The van der Waals surface area contributed by atoms with E-state index in [1.807, 2.05) is 17.7 Å². The number of nitrogens with zero attached hydrogens (tertiary/aromatic N) is 3. The number of hydrogen-bond donors (Lipinski definition) is 1. The molecule has 1 aliphatic heterocycles. The van der Waals surface area contributed by atoms with Gasteiger partial charge in [0.2, 0.25) is 5.82 Å². The minimum Gasteiger partial charge on any atom is -0.321 e. The van der Waals surface area contributed by atoms with Crippen LogP contribution in [-0.4, -0.2) is 27.0 Å². The van der Waals surface area contributed by atoms with Crippen molar-refractivity contribution in [2.45, 2.75) is 26.2 Å². The van der Waals surface area contributed by atoms with Crippen LogP contribution in [-0.2, 0) is 19.3 Å². The van der Waals surface area contributed by atoms with E-state index in [0.717, 1.165) is 15.8 Å². The Hall–Kier alpha value is -2.03. The monoisotopic (exact) mass is 330 g/mol. The number of rotatable bonds is 1. The Morgan fingerprint density at radius 1 is 1.36 bits per heavy atom. The van der Waals surface area contributed by atoms with Crippen molar-refractivity contribution in [2.75, 3.05) is 11.9 Å². The number of amides is 2. The first-order chi connectivity index (χ1) is 10.4. The van der Waals surface area contributed by atoms with Crippen LogP contribution in [0.25, 0.3) is 0 Å². The molecule has 5 nitrogen and oxygen atoms in total. The summed E-state index contributed by atoms with van der Waals surface area (Å²) in [4.78, 5) is 17.1. The van der Waals surface area contributed by atoms with Gasteiger partial charge < -0.3 is 14.8 Å². The Labute approximate surface area is 128 Å². The number of thiophene rings is 1. The first kappa shape index (κ1) is 14.9. The molecule has 22 heavy (non-hydrogen) atoms. The molecule has 3 heterocycles. The second-order valence-corrected chi connectivity index (χ2v) is 5.79. The molecule has 0 bridgehead atoms. The van der Waals surface area contributed by atoms with Gasteiger partial charge in [0, 0.05) is 18.5 Å². The number of aryl methyl sites for hydroxylation is 1. The molecule has 2 amide bonds. The Balaban J connectivity index is 1.74. The minimum atomic E-state index is -4.48. The van der Waals surface area contributed by atoms with Crippen molar-refractivity contribution >= 4 is 23.1 Å². The number of nitrogens with one attached hydrogen (secondary N) is 1. The molecule has 9 heteroatoms. The summed E-state index contributed by atoms with van der Waals surface area (Å²) >= 11 is 1.48. The van der Waals surface area contributed by atoms with Gasteiger partial charge in [0.1, 0.15) is 0 Å². The first-order valence-electron chi connectivity index (χ1n) is 6.56. The maximum absolute atomic E-state index is 12.8. The van der Waals surface area contributed by atoms with Crippen molar-refractivity contribution < 1.29 is 18.0 Å². The summed E-state index contributed by atoms with van der Waals surface area (Å²) in [6, 6.07) is -0.317. The Bertz CT molecular complexity index is 706. The van der Waals surface area contributed by atoms with E-state index in [4.69, 9.17) is 0 Å². The molecule has 1 aliphatic rings. The van der Waals surface area contributed by atoms with Gasteiger partial charge in [0.05, 0.1) is 24.1 Å². The quantitative estimate of drug-likeness (QED) is 0.872. The number of hydrogen-bond acceptors (Lipinski definition) is 3. The average Bonchev–Trinajstić information content (AvgIpc) is 3.04. The topological polar surface area (TPSA) is 50.2 Å². The van der Waals surface area contributed by atoms with Gasteiger partial charge in [0.25, 0.3) is 0 Å². The zero-order chi connectivity index (χ0) is 15.9. The van der Waals surface area contributed by atoms with Gasteiger partial charge in [-0.1, -0.05) is 0 Å². The second-order valence-electron chi connectivity index (χ2n) is 5.04. The van der Waals surface area contributed by atoms with E-state index in [9.17, 15) is 18.0 Å². The summed E-state index contributed by atoms with van der Waals surface area (Å²) in [5.74, 6) is -0.906. The molecular weight excluding hydrogens is 317 g/mol. The number of carbonyl (C=O) groups is 1. The van der Waals surface area contributed by atoms with Gasteiger partial charge in [0.15, 0.2) is 0 Å². The summed E-state index contributed by atoms with van der Waals surface area (Å²) in [5, 5.41) is 6.51. The van der Waals surface area contributed by atoms with Crippen molar-refractivity contribution in [2.24, 2.45) is 0 Å². The molecule has 1 N–H and O–H groups in total. The van der Waals surface area contributed by atoms with Crippen LogP contribution in [0.5, 0.6) is 0 Å². The standard InChI is InChI=1S/C13H13F3N4OS/c1-8-6-22-7-10(8)18-12(21)19-2-3-20-9(5-19)4-17-11(20)13(14,15)16/h4,6-7H,2-3,5H2,1H3,(H,18,21). The zero-order valence-electron chi connectivity index (χ0n) is 11.6. The van der Waals surface area contributed by atoms with E-state index in [1.54, 1.807) is 0 Å². The fraction of sp³-hybridized carbons (Fsp3) is 0.385. The van der Waals surface area contributed by atoms with E-state index >= 15 is 0 Å². The first-order valence-corrected chi connectivity index (χ1v) is 7.51. The Morgan fingerprint density at radius 3 is 2.77 bits per heavy atom. The largest absolute Gasteiger partial charge is 0.449 e. The van der Waals surface area contributed by atoms with Gasteiger partial charge in [-0.15, -0.1) is 11.3 Å². The molecule has 0 aromatic carbocycles. The lowest BCUT2D eigenvalue weighted by Crippen LogP contribution is -2.41. The van der Waals surface area contributed by atoms with Gasteiger partial charge >= 0.3 is 12.2 Å². The van der Waals surface area contributed by atoms with Crippen LogP contribution in [0.1, 0.15) is 17.1 Å². The lowest BCUT2D eigenvalue weighted by molar-refractivity contribution is -0.147. The molecule has 2 aromatic heterocycles. The van der Waals surface area contributed by atoms with Gasteiger partial charge in [-0.05, 0) is 17.9 Å². The van der Waals surface area contributed by atoms with Crippen molar-refractivity contribution in [3.8, 4) is 0 Å². The summed E-state index contributed by atoms with van der Waals surface area (Å²) < 4.78 is 39.5. The molecule has 0 atom stereocenters. The lowest BCUT2D eigenvalue weighted by atomic mass is 10.3. The highest BCUT2D eigenvalue weighted by atomic mass is 32.1. The minimum absolute atomic E-state index is 0.0835. The summed E-state index contributed by atoms with van der Waals surface area (Å²) in [6.45, 7) is 2.28. The van der Waals surface area contributed by atoms with Crippen LogP contribution in [0.4, 0.5) is 23.7 Å². The molecule has 0 saturated heterocycles. The fourth-order valence-electron chi connectivity index (χ4n) is 2.36. The SMILES string of the molecule is Cc1cscc1NC(=O)N1CCn2c(cnc2C(F)(F)F)C1. The lowest BCUT2D eigenvalue weighted by Gasteiger charge is -2.29. The highest BCUT2D eigenvalue weighted by Gasteiger charge is 2.38. The second kappa shape index (κ2) is 5.31. The number of alkyl halides is 3. The zero-order valence-corrected chi connectivity index (χ0v) is 12.5. The molecule has 2 aromatic rings. The average molecular weight is 330 g/mol. The van der Waals surface area contributed by atoms with Crippen molar-refractivity contribution in [1.82, 2.24) is 14.5 Å². The highest BCUT2D eigenvalue weighted by molar-refractivity contribution is 7.08. The predicted molar refractivity (Wildman–Crippen MR) is 75.7 cm³/mol. The molecule has 3 rings (SSSR count). The third-order valence-electron chi connectivity index (χ3n) is 3.52. The maximum atomic E-state index is 12.8. The molecule has 0 saturated carbocycles. The van der Waals surface area contributed by atoms with Crippen molar-refractivity contribution in [3.05, 3.63) is 34.0 Å². The molecule has 0 spiro atoms. The van der Waals surface area contributed by atoms with E-state index < -0.39 is 12.0 Å². The van der Waals surface area contributed by atoms with Gasteiger partial charge in [-0.3, -0.25) is 0 Å². The Morgan fingerprint density at radius 2 is 2.14 bits per heavy atom. The maximum Gasteiger partial charge on any atom is 0.449 e. The van der Waals surface area contributed by atoms with Crippen LogP contribution < -0.4 is 5.32 Å². The fourth-order valence-corrected chi connectivity index (χ4v) is 3.14. The number of anilines is 1. The van der Waals surface area contributed by atoms with Crippen molar-refractivity contribution in [3.63, 3.8) is 0 Å². The third kappa shape index (κ3) is 2.68. The molecular formula is C13H13F3N4OS. The molecule has 118 valence electrons. The number of imidazole rings is 1. The number of urea groups is 1. The molecule has 0 aliphatic carbocycles. The number of carbonyl (C=O) groups excluding carboxylic acids is 1. The smallest absolute Gasteiger partial charge is 0.321 e. The van der Waals surface area contributed by atoms with Gasteiger partial charge in [-0.25, -0.2) is 9.78 Å². The van der Waals surface area contributed by atoms with Crippen LogP contribution in [0, 0.1) is 6.92 Å². The number of aromatic nitrogens is 2. The summed E-state index contributed by atoms with van der Waals surface area (Å²) in [6.07, 6.45) is -3.30. The number of halogens is 3. The van der Waals surface area contributed by atoms with Crippen LogP contribution in [0.3, 0.4) is 0 Å². The van der Waals surface area contributed by atoms with Gasteiger partial charge in [-0.2, -0.15) is 13.2 Å². The van der Waals surface area contributed by atoms with E-state index in [2.05, 4.69) is 10.3 Å². The predicted octanol–water partition coefficient (Wildman–Crippen LogP) is 3.32. The van der Waals surface area contributed by atoms with E-state index in [1.165, 1.54) is 22.4 Å². The van der Waals surface area contributed by atoms with E-state index in [-0.39, 0.29) is 25.7 Å². The van der Waals surface area contributed by atoms with E-state index in [0.29, 0.717) is 5.69 Å². The highest BCUT2D eigenvalue weighted by Crippen LogP contribution is 2.30. The molecule has 0 fully saturated rings. The third-order valence-corrected chi connectivity index (χ3v) is 4.38. The normalized spacial score (nSPS) is 14.8. The van der Waals surface area contributed by atoms with Crippen molar-refractivity contribution in [1.29, 1.82) is 0 Å². The molecule has 0 radical (unpaired) electrons. The summed E-state index contributed by atoms with van der Waals surface area (Å²) in [5.41, 5.74) is 2.07. The van der Waals surface area contributed by atoms with Crippen LogP contribution in [0.2, 0.25) is 0 Å². The molecule has 0 unspecified atom stereocenters.